The van der Waals surface area contributed by atoms with Crippen molar-refractivity contribution >= 4 is 30.3 Å². The van der Waals surface area contributed by atoms with Gasteiger partial charge in [0.1, 0.15) is 5.75 Å². The van der Waals surface area contributed by atoms with Crippen LogP contribution in [0.2, 0.25) is 18.1 Å². The van der Waals surface area contributed by atoms with Crippen molar-refractivity contribution in [3.05, 3.63) is 69.7 Å². The van der Waals surface area contributed by atoms with Gasteiger partial charge in [0.25, 0.3) is 0 Å². The summed E-state index contributed by atoms with van der Waals surface area (Å²) in [7, 11) is -1.60. The lowest BCUT2D eigenvalue weighted by molar-refractivity contribution is 0.270. The van der Waals surface area contributed by atoms with Crippen molar-refractivity contribution < 1.29 is 9.16 Å². The Morgan fingerprint density at radius 3 is 2.12 bits per heavy atom. The summed E-state index contributed by atoms with van der Waals surface area (Å²) >= 11 is 3.54. The van der Waals surface area contributed by atoms with E-state index in [4.69, 9.17) is 9.16 Å². The van der Waals surface area contributed by atoms with E-state index in [0.29, 0.717) is 0 Å². The van der Waals surface area contributed by atoms with Gasteiger partial charge < -0.3 is 9.16 Å². The molecular weight excluding hydrogens is 488 g/mol. The van der Waals surface area contributed by atoms with E-state index in [1.807, 2.05) is 30.3 Å². The Balaban J connectivity index is 1.66. The predicted molar refractivity (Wildman–Crippen MR) is 149 cm³/mol. The average molecular weight is 528 g/mol. The van der Waals surface area contributed by atoms with Crippen LogP contribution in [-0.2, 0) is 4.43 Å². The van der Waals surface area contributed by atoms with Crippen LogP contribution in [0.15, 0.2) is 53.0 Å². The van der Waals surface area contributed by atoms with E-state index in [1.54, 1.807) is 0 Å². The first kappa shape index (κ1) is 27.4. The lowest BCUT2D eigenvalue weighted by Gasteiger charge is -2.36. The third-order valence-electron chi connectivity index (χ3n) is 6.13. The number of allylic oxidation sites excluding steroid dienone is 1. The molecule has 0 aliphatic carbocycles. The summed E-state index contributed by atoms with van der Waals surface area (Å²) in [4.78, 5) is 0. The van der Waals surface area contributed by atoms with Crippen LogP contribution in [0.3, 0.4) is 0 Å². The standard InChI is InChI=1S/C29H39BrO2Si/c1-24-11-13-26(14-12-24)23-27(30)18-15-25-16-19-28(20-17-25)31-21-9-7-8-10-22-32-33(5,6)29(2,3)4/h11-14,16-17,19-20,23H,7-10,21-22H2,1-6H3/b27-23-. The fourth-order valence-corrected chi connectivity index (χ4v) is 4.35. The third-order valence-corrected chi connectivity index (χ3v) is 11.1. The van der Waals surface area contributed by atoms with Crippen LogP contribution in [0, 0.1) is 18.8 Å². The summed E-state index contributed by atoms with van der Waals surface area (Å²) in [5, 5.41) is 0.288. The highest BCUT2D eigenvalue weighted by Crippen LogP contribution is 2.36. The van der Waals surface area contributed by atoms with Crippen LogP contribution in [-0.4, -0.2) is 21.5 Å². The zero-order valence-corrected chi connectivity index (χ0v) is 23.7. The molecule has 4 heteroatoms. The minimum Gasteiger partial charge on any atom is -0.494 e. The van der Waals surface area contributed by atoms with Crippen LogP contribution in [0.1, 0.15) is 63.1 Å². The summed E-state index contributed by atoms with van der Waals surface area (Å²) in [6.45, 7) is 15.2. The lowest BCUT2D eigenvalue weighted by atomic mass is 10.1. The molecule has 2 aromatic rings. The molecule has 0 N–H and O–H groups in total. The summed E-state index contributed by atoms with van der Waals surface area (Å²) in [5.74, 6) is 7.24. The van der Waals surface area contributed by atoms with Gasteiger partial charge in [0, 0.05) is 12.2 Å². The molecule has 0 saturated carbocycles. The molecule has 0 unspecified atom stereocenters. The van der Waals surface area contributed by atoms with E-state index in [9.17, 15) is 0 Å². The molecular formula is C29H39BrO2Si. The van der Waals surface area contributed by atoms with E-state index in [1.165, 1.54) is 18.4 Å². The third kappa shape index (κ3) is 10.3. The van der Waals surface area contributed by atoms with Crippen molar-refractivity contribution in [1.29, 1.82) is 0 Å². The molecule has 0 amide bonds. The van der Waals surface area contributed by atoms with Gasteiger partial charge in [-0.2, -0.15) is 0 Å². The molecule has 0 saturated heterocycles. The summed E-state index contributed by atoms with van der Waals surface area (Å²) in [6.07, 6.45) is 6.60. The molecule has 33 heavy (non-hydrogen) atoms. The fourth-order valence-electron chi connectivity index (χ4n) is 2.90. The van der Waals surface area contributed by atoms with Gasteiger partial charge in [-0.15, -0.1) is 0 Å². The number of ether oxygens (including phenoxy) is 1. The van der Waals surface area contributed by atoms with Crippen LogP contribution < -0.4 is 4.74 Å². The zero-order chi connectivity index (χ0) is 24.3. The number of rotatable bonds is 10. The van der Waals surface area contributed by atoms with Crippen molar-refractivity contribution in [2.24, 2.45) is 0 Å². The first-order chi connectivity index (χ1) is 15.6. The van der Waals surface area contributed by atoms with Crippen LogP contribution in [0.25, 0.3) is 6.08 Å². The Labute approximate surface area is 211 Å². The number of unbranched alkanes of at least 4 members (excludes halogenated alkanes) is 3. The van der Waals surface area contributed by atoms with E-state index in [-0.39, 0.29) is 5.04 Å². The highest BCUT2D eigenvalue weighted by atomic mass is 79.9. The van der Waals surface area contributed by atoms with Gasteiger partial charge in [-0.05, 0) is 96.2 Å². The van der Waals surface area contributed by atoms with Gasteiger partial charge in [-0.3, -0.25) is 0 Å². The lowest BCUT2D eigenvalue weighted by Crippen LogP contribution is -2.40. The number of halogens is 1. The van der Waals surface area contributed by atoms with E-state index in [2.05, 4.69) is 92.8 Å². The molecule has 0 aromatic heterocycles. The van der Waals surface area contributed by atoms with Crippen LogP contribution in [0.4, 0.5) is 0 Å². The Kier molecular flexibility index (Phi) is 11.0. The number of aryl methyl sites for hydroxylation is 1. The molecule has 178 valence electrons. The van der Waals surface area contributed by atoms with Crippen molar-refractivity contribution in [2.75, 3.05) is 13.2 Å². The number of benzene rings is 2. The Bertz CT molecular complexity index is 942. The normalized spacial score (nSPS) is 12.3. The van der Waals surface area contributed by atoms with E-state index < -0.39 is 8.32 Å². The molecule has 2 nitrogen and oxygen atoms in total. The van der Waals surface area contributed by atoms with E-state index in [0.717, 1.165) is 47.4 Å². The molecule has 0 spiro atoms. The van der Waals surface area contributed by atoms with Gasteiger partial charge in [-0.1, -0.05) is 68.9 Å². The second kappa shape index (κ2) is 13.2. The van der Waals surface area contributed by atoms with E-state index >= 15 is 0 Å². The van der Waals surface area contributed by atoms with Crippen molar-refractivity contribution in [1.82, 2.24) is 0 Å². The molecule has 0 radical (unpaired) electrons. The topological polar surface area (TPSA) is 18.5 Å². The Morgan fingerprint density at radius 1 is 0.909 bits per heavy atom. The predicted octanol–water partition coefficient (Wildman–Crippen LogP) is 8.74. The van der Waals surface area contributed by atoms with Gasteiger partial charge >= 0.3 is 0 Å². The zero-order valence-electron chi connectivity index (χ0n) is 21.1. The van der Waals surface area contributed by atoms with Crippen molar-refractivity contribution in [3.63, 3.8) is 0 Å². The second-order valence-corrected chi connectivity index (χ2v) is 15.7. The van der Waals surface area contributed by atoms with Gasteiger partial charge in [0.2, 0.25) is 0 Å². The van der Waals surface area contributed by atoms with Crippen molar-refractivity contribution in [2.45, 2.75) is 71.5 Å². The maximum absolute atomic E-state index is 6.24. The molecule has 0 fully saturated rings. The molecule has 2 aromatic carbocycles. The smallest absolute Gasteiger partial charge is 0.191 e. The van der Waals surface area contributed by atoms with Crippen molar-refractivity contribution in [3.8, 4) is 17.6 Å². The quantitative estimate of drug-likeness (QED) is 0.175. The largest absolute Gasteiger partial charge is 0.494 e. The first-order valence-corrected chi connectivity index (χ1v) is 15.6. The summed E-state index contributed by atoms with van der Waals surface area (Å²) in [5.41, 5.74) is 3.36. The average Bonchev–Trinajstić information content (AvgIpc) is 2.76. The fraction of sp³-hybridized carbons (Fsp3) is 0.448. The number of hydrogen-bond donors (Lipinski definition) is 0. The summed E-state index contributed by atoms with van der Waals surface area (Å²) < 4.78 is 13.0. The SMILES string of the molecule is Cc1ccc(/C=C(\Br)C#Cc2ccc(OCCCCCCO[Si](C)(C)C(C)(C)C)cc2)cc1. The summed E-state index contributed by atoms with van der Waals surface area (Å²) in [6, 6.07) is 16.4. The monoisotopic (exact) mass is 526 g/mol. The molecule has 0 atom stereocenters. The Hall–Kier alpha value is -1.80. The molecule has 0 bridgehead atoms. The van der Waals surface area contributed by atoms with Crippen LogP contribution in [0.5, 0.6) is 5.75 Å². The minimum absolute atomic E-state index is 0.288. The highest BCUT2D eigenvalue weighted by Gasteiger charge is 2.36. The molecule has 0 aliphatic heterocycles. The second-order valence-electron chi connectivity index (χ2n) is 10.0. The minimum atomic E-state index is -1.60. The van der Waals surface area contributed by atoms with Gasteiger partial charge in [0.05, 0.1) is 11.1 Å². The van der Waals surface area contributed by atoms with Gasteiger partial charge in [0.15, 0.2) is 8.32 Å². The first-order valence-electron chi connectivity index (χ1n) is 11.9. The molecule has 0 aliphatic rings. The number of hydrogen-bond acceptors (Lipinski definition) is 2. The molecule has 0 heterocycles. The maximum Gasteiger partial charge on any atom is 0.191 e. The van der Waals surface area contributed by atoms with Crippen LogP contribution >= 0.6 is 15.9 Å². The Morgan fingerprint density at radius 2 is 1.52 bits per heavy atom. The molecule has 2 rings (SSSR count). The maximum atomic E-state index is 6.24. The van der Waals surface area contributed by atoms with Gasteiger partial charge in [-0.25, -0.2) is 0 Å². The highest BCUT2D eigenvalue weighted by molar-refractivity contribution is 9.12.